The Morgan fingerprint density at radius 2 is 2.10 bits per heavy atom. The number of anilines is 1. The van der Waals surface area contributed by atoms with Crippen molar-refractivity contribution in [1.82, 2.24) is 9.88 Å². The molecule has 0 spiro atoms. The molecule has 31 heavy (non-hydrogen) atoms. The Hall–Kier alpha value is -2.27. The van der Waals surface area contributed by atoms with E-state index in [1.165, 1.54) is 23.7 Å². The average molecular weight is 461 g/mol. The highest BCUT2D eigenvalue weighted by atomic mass is 32.2. The molecule has 0 saturated carbocycles. The van der Waals surface area contributed by atoms with Crippen LogP contribution in [0.15, 0.2) is 57.2 Å². The first-order chi connectivity index (χ1) is 15.0. The monoisotopic (exact) mass is 460 g/mol. The standard InChI is InChI=1S/C21H24N4O4S2/c1-24(31(26,27)19-6-3-9-29-19)18-5-2-4-15-12-17(23-20(15)18)21-22-13-16(30-21)14-25-7-10-28-11-8-25/h2-6,9,12,16,23H,7-8,10-11,13-14H2,1H3. The molecule has 1 N–H and O–H groups in total. The fourth-order valence-electron chi connectivity index (χ4n) is 3.93. The summed E-state index contributed by atoms with van der Waals surface area (Å²) in [5.74, 6) is 0. The molecule has 164 valence electrons. The van der Waals surface area contributed by atoms with Crippen molar-refractivity contribution in [3.63, 3.8) is 0 Å². The molecule has 2 aliphatic heterocycles. The molecule has 2 aliphatic rings. The van der Waals surface area contributed by atoms with E-state index in [0.29, 0.717) is 10.9 Å². The van der Waals surface area contributed by atoms with Gasteiger partial charge in [-0.15, -0.1) is 0 Å². The molecule has 3 aromatic rings. The van der Waals surface area contributed by atoms with E-state index in [0.717, 1.165) is 61.0 Å². The summed E-state index contributed by atoms with van der Waals surface area (Å²) in [4.78, 5) is 10.6. The van der Waals surface area contributed by atoms with Crippen LogP contribution in [0.2, 0.25) is 0 Å². The van der Waals surface area contributed by atoms with Crippen molar-refractivity contribution < 1.29 is 17.6 Å². The van der Waals surface area contributed by atoms with Crippen LogP contribution in [0.1, 0.15) is 5.69 Å². The Labute approximate surface area is 185 Å². The number of morpholine rings is 1. The average Bonchev–Trinajstić information content (AvgIpc) is 3.53. The molecule has 0 bridgehead atoms. The number of ether oxygens (including phenoxy) is 1. The smallest absolute Gasteiger partial charge is 0.297 e. The van der Waals surface area contributed by atoms with E-state index in [-0.39, 0.29) is 5.09 Å². The molecular weight excluding hydrogens is 436 g/mol. The number of furan rings is 1. The van der Waals surface area contributed by atoms with Crippen molar-refractivity contribution in [3.8, 4) is 0 Å². The van der Waals surface area contributed by atoms with Gasteiger partial charge in [0.25, 0.3) is 10.0 Å². The predicted octanol–water partition coefficient (Wildman–Crippen LogP) is 2.78. The third kappa shape index (κ3) is 4.00. The van der Waals surface area contributed by atoms with E-state index >= 15 is 0 Å². The van der Waals surface area contributed by atoms with Gasteiger partial charge in [-0.05, 0) is 24.3 Å². The van der Waals surface area contributed by atoms with E-state index in [1.54, 1.807) is 23.9 Å². The minimum atomic E-state index is -3.78. The first-order valence-electron chi connectivity index (χ1n) is 10.2. The maximum Gasteiger partial charge on any atom is 0.297 e. The minimum Gasteiger partial charge on any atom is -0.451 e. The van der Waals surface area contributed by atoms with Gasteiger partial charge in [0.2, 0.25) is 5.09 Å². The number of hydrogen-bond acceptors (Lipinski definition) is 7. The van der Waals surface area contributed by atoms with Crippen LogP contribution in [0.3, 0.4) is 0 Å². The van der Waals surface area contributed by atoms with Gasteiger partial charge in [0.15, 0.2) is 0 Å². The van der Waals surface area contributed by atoms with Crippen molar-refractivity contribution in [2.24, 2.45) is 4.99 Å². The number of H-pyrrole nitrogens is 1. The van der Waals surface area contributed by atoms with Crippen LogP contribution >= 0.6 is 11.8 Å². The highest BCUT2D eigenvalue weighted by molar-refractivity contribution is 8.15. The lowest BCUT2D eigenvalue weighted by atomic mass is 10.2. The fourth-order valence-corrected chi connectivity index (χ4v) is 6.17. The van der Waals surface area contributed by atoms with E-state index in [2.05, 4.69) is 9.88 Å². The highest BCUT2D eigenvalue weighted by Gasteiger charge is 2.28. The van der Waals surface area contributed by atoms with Crippen LogP contribution in [0, 0.1) is 0 Å². The number of para-hydroxylation sites is 1. The van der Waals surface area contributed by atoms with Gasteiger partial charge < -0.3 is 14.1 Å². The largest absolute Gasteiger partial charge is 0.451 e. The Morgan fingerprint density at radius 1 is 1.26 bits per heavy atom. The first kappa shape index (κ1) is 20.6. The summed E-state index contributed by atoms with van der Waals surface area (Å²) in [5.41, 5.74) is 2.24. The zero-order valence-electron chi connectivity index (χ0n) is 17.2. The Morgan fingerprint density at radius 3 is 2.87 bits per heavy atom. The van der Waals surface area contributed by atoms with Gasteiger partial charge in [0, 0.05) is 37.3 Å². The first-order valence-corrected chi connectivity index (χ1v) is 12.5. The number of aromatic nitrogens is 1. The molecule has 0 amide bonds. The molecule has 1 fully saturated rings. The predicted molar refractivity (Wildman–Crippen MR) is 123 cm³/mol. The Balaban J connectivity index is 1.38. The molecule has 10 heteroatoms. The summed E-state index contributed by atoms with van der Waals surface area (Å²) in [6.45, 7) is 5.31. The number of thioether (sulfide) groups is 1. The lowest BCUT2D eigenvalue weighted by Gasteiger charge is -2.28. The van der Waals surface area contributed by atoms with Gasteiger partial charge in [-0.3, -0.25) is 14.2 Å². The second-order valence-electron chi connectivity index (χ2n) is 7.63. The van der Waals surface area contributed by atoms with Crippen molar-refractivity contribution in [3.05, 3.63) is 48.4 Å². The van der Waals surface area contributed by atoms with Crippen LogP contribution in [0.25, 0.3) is 10.9 Å². The van der Waals surface area contributed by atoms with Crippen LogP contribution in [-0.4, -0.2) is 75.0 Å². The van der Waals surface area contributed by atoms with Gasteiger partial charge in [-0.2, -0.15) is 8.42 Å². The minimum absolute atomic E-state index is 0.0829. The second-order valence-corrected chi connectivity index (χ2v) is 10.8. The summed E-state index contributed by atoms with van der Waals surface area (Å²) in [7, 11) is -2.24. The lowest BCUT2D eigenvalue weighted by Crippen LogP contribution is -2.40. The molecule has 5 rings (SSSR count). The number of benzene rings is 1. The van der Waals surface area contributed by atoms with Crippen LogP contribution in [-0.2, 0) is 14.8 Å². The zero-order chi connectivity index (χ0) is 21.4. The SMILES string of the molecule is CN(c1cccc2cc(C3=NCC(CN4CCOCC4)S3)[nH]c12)S(=O)(=O)c1ccco1. The van der Waals surface area contributed by atoms with Gasteiger partial charge >= 0.3 is 0 Å². The summed E-state index contributed by atoms with van der Waals surface area (Å²) in [6.07, 6.45) is 1.36. The molecule has 1 atom stereocenters. The van der Waals surface area contributed by atoms with Crippen LogP contribution in [0.5, 0.6) is 0 Å². The number of fused-ring (bicyclic) bond motifs is 1. The number of aromatic amines is 1. The van der Waals surface area contributed by atoms with E-state index in [1.807, 2.05) is 18.2 Å². The van der Waals surface area contributed by atoms with Crippen molar-refractivity contribution in [2.75, 3.05) is 50.7 Å². The van der Waals surface area contributed by atoms with E-state index in [9.17, 15) is 8.42 Å². The van der Waals surface area contributed by atoms with Crippen molar-refractivity contribution in [1.29, 1.82) is 0 Å². The highest BCUT2D eigenvalue weighted by Crippen LogP contribution is 2.33. The maximum absolute atomic E-state index is 12.9. The second kappa shape index (κ2) is 8.34. The Bertz CT molecular complexity index is 1200. The number of sulfonamides is 1. The van der Waals surface area contributed by atoms with Gasteiger partial charge in [0.1, 0.15) is 5.04 Å². The van der Waals surface area contributed by atoms with Gasteiger partial charge in [0.05, 0.1) is 42.9 Å². The van der Waals surface area contributed by atoms with E-state index < -0.39 is 10.0 Å². The normalized spacial score (nSPS) is 20.3. The zero-order valence-corrected chi connectivity index (χ0v) is 18.8. The number of nitrogens with one attached hydrogen (secondary N) is 1. The molecule has 1 aromatic carbocycles. The molecule has 8 nitrogen and oxygen atoms in total. The topological polar surface area (TPSA) is 91.1 Å². The fraction of sp³-hybridized carbons (Fsp3) is 0.381. The Kier molecular flexibility index (Phi) is 5.55. The number of hydrogen-bond donors (Lipinski definition) is 1. The molecule has 2 aromatic heterocycles. The molecule has 1 unspecified atom stereocenters. The van der Waals surface area contributed by atoms with Crippen LogP contribution in [0.4, 0.5) is 5.69 Å². The number of aliphatic imine (C=N–C) groups is 1. The maximum atomic E-state index is 12.9. The van der Waals surface area contributed by atoms with Crippen molar-refractivity contribution >= 4 is 43.4 Å². The molecule has 0 radical (unpaired) electrons. The lowest BCUT2D eigenvalue weighted by molar-refractivity contribution is 0.0385. The quantitative estimate of drug-likeness (QED) is 0.608. The summed E-state index contributed by atoms with van der Waals surface area (Å²) in [6, 6.07) is 10.7. The van der Waals surface area contributed by atoms with Gasteiger partial charge in [-0.1, -0.05) is 23.9 Å². The van der Waals surface area contributed by atoms with Gasteiger partial charge in [-0.25, -0.2) is 0 Å². The van der Waals surface area contributed by atoms with E-state index in [4.69, 9.17) is 14.1 Å². The molecule has 4 heterocycles. The van der Waals surface area contributed by atoms with Crippen molar-refractivity contribution in [2.45, 2.75) is 10.3 Å². The summed E-state index contributed by atoms with van der Waals surface area (Å²) in [5, 5.41) is 2.24. The number of rotatable bonds is 6. The third-order valence-corrected chi connectivity index (χ3v) is 8.46. The molecule has 1 saturated heterocycles. The molecule has 0 aliphatic carbocycles. The van der Waals surface area contributed by atoms with Crippen LogP contribution < -0.4 is 4.31 Å². The third-order valence-electron chi connectivity index (χ3n) is 5.60. The summed E-state index contributed by atoms with van der Waals surface area (Å²) >= 11 is 1.78. The number of nitrogens with zero attached hydrogens (tertiary/aromatic N) is 3. The molecular formula is C21H24N4O4S2. The summed E-state index contributed by atoms with van der Waals surface area (Å²) < 4.78 is 37.6.